The summed E-state index contributed by atoms with van der Waals surface area (Å²) in [5, 5.41) is 11.8. The highest BCUT2D eigenvalue weighted by Gasteiger charge is 2.26. The monoisotopic (exact) mass is 269 g/mol. The molecule has 0 saturated carbocycles. The number of ether oxygens (including phenoxy) is 3. The smallest absolute Gasteiger partial charge is 0.333 e. The molecule has 0 aliphatic carbocycles. The SMILES string of the molecule is CCOc1ccc(C(OC(C)=O)OC(C)=O)[n+]([O-])c1. The lowest BCUT2D eigenvalue weighted by atomic mass is 10.3. The Morgan fingerprint density at radius 1 is 1.26 bits per heavy atom. The lowest BCUT2D eigenvalue weighted by Gasteiger charge is -2.16. The first-order valence-corrected chi connectivity index (χ1v) is 5.64. The molecule has 0 saturated heterocycles. The summed E-state index contributed by atoms with van der Waals surface area (Å²) in [6.45, 7) is 4.50. The van der Waals surface area contributed by atoms with Gasteiger partial charge in [-0.2, -0.15) is 4.73 Å². The van der Waals surface area contributed by atoms with Crippen LogP contribution in [-0.2, 0) is 19.1 Å². The zero-order valence-corrected chi connectivity index (χ0v) is 10.9. The maximum Gasteiger partial charge on any atom is 0.333 e. The van der Waals surface area contributed by atoms with Gasteiger partial charge in [0.05, 0.1) is 6.61 Å². The van der Waals surface area contributed by atoms with E-state index < -0.39 is 18.2 Å². The molecule has 0 N–H and O–H groups in total. The third-order valence-electron chi connectivity index (χ3n) is 2.02. The van der Waals surface area contributed by atoms with Crippen molar-refractivity contribution in [3.63, 3.8) is 0 Å². The van der Waals surface area contributed by atoms with E-state index in [1.807, 2.05) is 0 Å². The molecule has 1 rings (SSSR count). The zero-order chi connectivity index (χ0) is 14.4. The molecule has 19 heavy (non-hydrogen) atoms. The fourth-order valence-electron chi connectivity index (χ4n) is 1.35. The molecule has 0 aromatic carbocycles. The standard InChI is InChI=1S/C12H15NO6/c1-4-17-10-5-6-11(13(16)7-10)12(18-8(2)14)19-9(3)15/h5-7,12H,4H2,1-3H3. The van der Waals surface area contributed by atoms with Crippen LogP contribution in [0.3, 0.4) is 0 Å². The first-order chi connectivity index (χ1) is 8.93. The number of esters is 2. The minimum atomic E-state index is -1.37. The maximum atomic E-state index is 11.8. The minimum absolute atomic E-state index is 0.0196. The van der Waals surface area contributed by atoms with Crippen LogP contribution in [0.25, 0.3) is 0 Å². The summed E-state index contributed by atoms with van der Waals surface area (Å²) in [6, 6.07) is 2.89. The Morgan fingerprint density at radius 2 is 1.84 bits per heavy atom. The molecule has 0 unspecified atom stereocenters. The molecule has 0 aliphatic rings. The van der Waals surface area contributed by atoms with Crippen LogP contribution in [0.4, 0.5) is 0 Å². The second-order valence-corrected chi connectivity index (χ2v) is 3.60. The predicted molar refractivity (Wildman–Crippen MR) is 62.8 cm³/mol. The van der Waals surface area contributed by atoms with Crippen LogP contribution in [0.1, 0.15) is 32.8 Å². The van der Waals surface area contributed by atoms with Gasteiger partial charge in [-0.3, -0.25) is 9.59 Å². The molecule has 1 aromatic heterocycles. The Kier molecular flexibility index (Phi) is 5.11. The zero-order valence-electron chi connectivity index (χ0n) is 10.9. The van der Waals surface area contributed by atoms with Gasteiger partial charge in [-0.15, -0.1) is 0 Å². The molecule has 0 spiro atoms. The summed E-state index contributed by atoms with van der Waals surface area (Å²) in [6.07, 6.45) is -0.207. The number of nitrogens with zero attached hydrogens (tertiary/aromatic N) is 1. The van der Waals surface area contributed by atoms with Gasteiger partial charge in [0, 0.05) is 19.9 Å². The normalized spacial score (nSPS) is 10.1. The van der Waals surface area contributed by atoms with Crippen LogP contribution in [-0.4, -0.2) is 18.5 Å². The molecule has 1 aromatic rings. The summed E-state index contributed by atoms with van der Waals surface area (Å²) >= 11 is 0. The Morgan fingerprint density at radius 3 is 2.26 bits per heavy atom. The molecule has 104 valence electrons. The van der Waals surface area contributed by atoms with Crippen molar-refractivity contribution in [1.29, 1.82) is 0 Å². The Labute approximate surface area is 110 Å². The van der Waals surface area contributed by atoms with E-state index in [1.165, 1.54) is 18.3 Å². The molecule has 0 aliphatic heterocycles. The van der Waals surface area contributed by atoms with Crippen molar-refractivity contribution < 1.29 is 28.5 Å². The van der Waals surface area contributed by atoms with Crippen molar-refractivity contribution in [2.75, 3.05) is 6.61 Å². The Bertz CT molecular complexity index is 457. The fraction of sp³-hybridized carbons (Fsp3) is 0.417. The van der Waals surface area contributed by atoms with Crippen molar-refractivity contribution in [3.8, 4) is 5.75 Å². The summed E-state index contributed by atoms with van der Waals surface area (Å²) in [5.41, 5.74) is -0.0196. The Balaban J connectivity index is 3.00. The first-order valence-electron chi connectivity index (χ1n) is 5.64. The van der Waals surface area contributed by atoms with Gasteiger partial charge in [0.2, 0.25) is 6.20 Å². The topological polar surface area (TPSA) is 88.8 Å². The number of pyridine rings is 1. The van der Waals surface area contributed by atoms with Gasteiger partial charge in [0.1, 0.15) is 0 Å². The molecular formula is C12H15NO6. The molecular weight excluding hydrogens is 254 g/mol. The number of rotatable bonds is 5. The quantitative estimate of drug-likeness (QED) is 0.340. The van der Waals surface area contributed by atoms with E-state index in [2.05, 4.69) is 0 Å². The predicted octanol–water partition coefficient (Wildman–Crippen LogP) is 0.843. The number of carbonyl (C=O) groups excluding carboxylic acids is 2. The molecule has 1 heterocycles. The van der Waals surface area contributed by atoms with Crippen LogP contribution >= 0.6 is 0 Å². The second kappa shape index (κ2) is 6.58. The fourth-order valence-corrected chi connectivity index (χ4v) is 1.35. The highest BCUT2D eigenvalue weighted by molar-refractivity contribution is 5.68. The minimum Gasteiger partial charge on any atom is -0.618 e. The van der Waals surface area contributed by atoms with Crippen LogP contribution in [0, 0.1) is 5.21 Å². The van der Waals surface area contributed by atoms with Gasteiger partial charge in [0.15, 0.2) is 5.75 Å². The molecule has 0 atom stereocenters. The number of carbonyl (C=O) groups is 2. The van der Waals surface area contributed by atoms with Gasteiger partial charge in [0.25, 0.3) is 5.69 Å². The summed E-state index contributed by atoms with van der Waals surface area (Å²) in [4.78, 5) is 21.9. The van der Waals surface area contributed by atoms with E-state index in [4.69, 9.17) is 14.2 Å². The molecule has 0 fully saturated rings. The van der Waals surface area contributed by atoms with Gasteiger partial charge in [-0.25, -0.2) is 0 Å². The number of aromatic nitrogens is 1. The van der Waals surface area contributed by atoms with Crippen molar-refractivity contribution in [2.24, 2.45) is 0 Å². The van der Waals surface area contributed by atoms with E-state index in [0.717, 1.165) is 13.8 Å². The van der Waals surface area contributed by atoms with Crippen LogP contribution < -0.4 is 9.47 Å². The third-order valence-corrected chi connectivity index (χ3v) is 2.02. The molecule has 7 heteroatoms. The lowest BCUT2D eigenvalue weighted by molar-refractivity contribution is -0.622. The van der Waals surface area contributed by atoms with Gasteiger partial charge in [-0.05, 0) is 13.0 Å². The third kappa shape index (κ3) is 4.46. The molecule has 0 amide bonds. The summed E-state index contributed by atoms with van der Waals surface area (Å²) in [7, 11) is 0. The number of hydrogen-bond acceptors (Lipinski definition) is 6. The number of hydrogen-bond donors (Lipinski definition) is 0. The maximum absolute atomic E-state index is 11.8. The van der Waals surface area contributed by atoms with Crippen LogP contribution in [0.15, 0.2) is 18.3 Å². The van der Waals surface area contributed by atoms with Crippen molar-refractivity contribution in [1.82, 2.24) is 0 Å². The van der Waals surface area contributed by atoms with Crippen LogP contribution in [0.5, 0.6) is 5.75 Å². The van der Waals surface area contributed by atoms with E-state index in [0.29, 0.717) is 17.1 Å². The van der Waals surface area contributed by atoms with Gasteiger partial charge in [-0.1, -0.05) is 0 Å². The van der Waals surface area contributed by atoms with E-state index in [9.17, 15) is 14.8 Å². The second-order valence-electron chi connectivity index (χ2n) is 3.60. The van der Waals surface area contributed by atoms with Gasteiger partial charge < -0.3 is 19.4 Å². The highest BCUT2D eigenvalue weighted by Crippen LogP contribution is 2.18. The van der Waals surface area contributed by atoms with Crippen molar-refractivity contribution in [2.45, 2.75) is 27.1 Å². The van der Waals surface area contributed by atoms with E-state index in [-0.39, 0.29) is 5.69 Å². The average Bonchev–Trinajstić information content (AvgIpc) is 2.27. The van der Waals surface area contributed by atoms with Gasteiger partial charge >= 0.3 is 18.2 Å². The summed E-state index contributed by atoms with van der Waals surface area (Å²) in [5.74, 6) is -0.967. The van der Waals surface area contributed by atoms with Crippen molar-refractivity contribution >= 4 is 11.9 Å². The largest absolute Gasteiger partial charge is 0.618 e. The molecule has 0 radical (unpaired) electrons. The van der Waals surface area contributed by atoms with Crippen LogP contribution in [0.2, 0.25) is 0 Å². The molecule has 7 nitrogen and oxygen atoms in total. The first kappa shape index (κ1) is 14.7. The summed E-state index contributed by atoms with van der Waals surface area (Å²) < 4.78 is 15.1. The Hall–Kier alpha value is -2.31. The average molecular weight is 269 g/mol. The van der Waals surface area contributed by atoms with E-state index >= 15 is 0 Å². The van der Waals surface area contributed by atoms with Crippen molar-refractivity contribution in [3.05, 3.63) is 29.2 Å². The molecule has 0 bridgehead atoms. The lowest BCUT2D eigenvalue weighted by Crippen LogP contribution is -2.35. The highest BCUT2D eigenvalue weighted by atomic mass is 16.7. The van der Waals surface area contributed by atoms with E-state index in [1.54, 1.807) is 6.92 Å².